The van der Waals surface area contributed by atoms with E-state index in [-0.39, 0.29) is 0 Å². The van der Waals surface area contributed by atoms with Gasteiger partial charge in [-0.25, -0.2) is 4.98 Å². The Morgan fingerprint density at radius 3 is 3.10 bits per heavy atom. The first-order valence-electron chi connectivity index (χ1n) is 7.81. The largest absolute Gasteiger partial charge is 0.364 e. The van der Waals surface area contributed by atoms with Gasteiger partial charge in [0.25, 0.3) is 0 Å². The topological polar surface area (TPSA) is 45.1 Å². The van der Waals surface area contributed by atoms with Crippen LogP contribution >= 0.6 is 12.2 Å². The molecule has 3 N–H and O–H groups in total. The van der Waals surface area contributed by atoms with Crippen LogP contribution in [-0.4, -0.2) is 35.6 Å². The molecule has 21 heavy (non-hydrogen) atoms. The summed E-state index contributed by atoms with van der Waals surface area (Å²) in [7, 11) is 0. The van der Waals surface area contributed by atoms with Crippen molar-refractivity contribution in [3.05, 3.63) is 29.0 Å². The lowest BCUT2D eigenvalue weighted by atomic mass is 10.0. The van der Waals surface area contributed by atoms with E-state index < -0.39 is 0 Å². The van der Waals surface area contributed by atoms with Crippen molar-refractivity contribution in [2.24, 2.45) is 0 Å². The van der Waals surface area contributed by atoms with Crippen LogP contribution in [0.1, 0.15) is 26.2 Å². The van der Waals surface area contributed by atoms with Crippen molar-refractivity contribution in [3.63, 3.8) is 0 Å². The monoisotopic (exact) mass is 303 g/mol. The first kappa shape index (κ1) is 14.5. The number of rotatable bonds is 4. The summed E-state index contributed by atoms with van der Waals surface area (Å²) in [5.74, 6) is 0.901. The van der Waals surface area contributed by atoms with E-state index in [2.05, 4.69) is 28.3 Å². The molecule has 1 aromatic carbocycles. The summed E-state index contributed by atoms with van der Waals surface area (Å²) in [6.45, 7) is 5.74. The SMILES string of the molecule is CC1CCCC[NH+]1CCNc1nc(=S)[nH]c2ccccc12. The smallest absolute Gasteiger partial charge is 0.199 e. The van der Waals surface area contributed by atoms with Crippen LogP contribution in [0, 0.1) is 4.77 Å². The van der Waals surface area contributed by atoms with Gasteiger partial charge in [-0.15, -0.1) is 0 Å². The van der Waals surface area contributed by atoms with Gasteiger partial charge in [0, 0.05) is 5.39 Å². The number of fused-ring (bicyclic) bond motifs is 1. The maximum absolute atomic E-state index is 5.21. The van der Waals surface area contributed by atoms with E-state index >= 15 is 0 Å². The quantitative estimate of drug-likeness (QED) is 0.759. The molecule has 112 valence electrons. The first-order chi connectivity index (χ1) is 10.2. The normalized spacial score (nSPS) is 22.3. The number of piperidine rings is 1. The predicted octanol–water partition coefficient (Wildman–Crippen LogP) is 2.16. The highest BCUT2D eigenvalue weighted by molar-refractivity contribution is 7.71. The molecule has 3 rings (SSSR count). The Kier molecular flexibility index (Phi) is 4.51. The number of para-hydroxylation sites is 1. The molecule has 0 aliphatic carbocycles. The number of aromatic amines is 1. The number of nitrogens with one attached hydrogen (secondary N) is 3. The third-order valence-corrected chi connectivity index (χ3v) is 4.65. The van der Waals surface area contributed by atoms with Gasteiger partial charge in [-0.05, 0) is 50.5 Å². The summed E-state index contributed by atoms with van der Waals surface area (Å²) in [6.07, 6.45) is 4.10. The summed E-state index contributed by atoms with van der Waals surface area (Å²) in [4.78, 5) is 9.28. The van der Waals surface area contributed by atoms with Crippen LogP contribution in [0.2, 0.25) is 0 Å². The van der Waals surface area contributed by atoms with Gasteiger partial charge in [-0.2, -0.15) is 0 Å². The zero-order valence-electron chi connectivity index (χ0n) is 12.5. The third-order valence-electron chi connectivity index (χ3n) is 4.46. The number of likely N-dealkylation sites (tertiary alicyclic amines) is 1. The van der Waals surface area contributed by atoms with E-state index in [0.717, 1.165) is 35.9 Å². The maximum atomic E-state index is 5.21. The Hall–Kier alpha value is -1.46. The second-order valence-corrected chi connectivity index (χ2v) is 6.30. The molecule has 1 fully saturated rings. The fourth-order valence-corrected chi connectivity index (χ4v) is 3.41. The molecule has 1 aliphatic rings. The molecule has 0 spiro atoms. The lowest BCUT2D eigenvalue weighted by Gasteiger charge is -2.30. The average molecular weight is 303 g/mol. The van der Waals surface area contributed by atoms with Crippen molar-refractivity contribution in [1.82, 2.24) is 9.97 Å². The Balaban J connectivity index is 1.69. The van der Waals surface area contributed by atoms with E-state index in [9.17, 15) is 0 Å². The van der Waals surface area contributed by atoms with E-state index in [1.165, 1.54) is 25.8 Å². The van der Waals surface area contributed by atoms with Crippen LogP contribution in [0.5, 0.6) is 0 Å². The number of H-pyrrole nitrogens is 1. The molecule has 0 bridgehead atoms. The van der Waals surface area contributed by atoms with Crippen molar-refractivity contribution in [2.75, 3.05) is 25.0 Å². The van der Waals surface area contributed by atoms with Gasteiger partial charge in [0.2, 0.25) is 0 Å². The molecule has 4 nitrogen and oxygen atoms in total. The van der Waals surface area contributed by atoms with Crippen molar-refractivity contribution < 1.29 is 4.90 Å². The van der Waals surface area contributed by atoms with Gasteiger partial charge in [0.1, 0.15) is 5.82 Å². The Bertz CT molecular complexity index is 667. The number of anilines is 1. The lowest BCUT2D eigenvalue weighted by molar-refractivity contribution is -0.927. The highest BCUT2D eigenvalue weighted by Gasteiger charge is 2.21. The fraction of sp³-hybridized carbons (Fsp3) is 0.500. The van der Waals surface area contributed by atoms with Crippen LogP contribution in [0.25, 0.3) is 10.9 Å². The van der Waals surface area contributed by atoms with Crippen LogP contribution in [0.4, 0.5) is 5.82 Å². The minimum atomic E-state index is 0.537. The summed E-state index contributed by atoms with van der Waals surface area (Å²) in [5, 5.41) is 4.58. The van der Waals surface area contributed by atoms with Crippen molar-refractivity contribution >= 4 is 28.9 Å². The zero-order valence-corrected chi connectivity index (χ0v) is 13.3. The fourth-order valence-electron chi connectivity index (χ4n) is 3.20. The molecule has 0 saturated carbocycles. The number of hydrogen-bond donors (Lipinski definition) is 3. The van der Waals surface area contributed by atoms with Gasteiger partial charge in [0.05, 0.1) is 31.2 Å². The van der Waals surface area contributed by atoms with Crippen molar-refractivity contribution in [1.29, 1.82) is 0 Å². The highest BCUT2D eigenvalue weighted by atomic mass is 32.1. The second kappa shape index (κ2) is 6.54. The average Bonchev–Trinajstić information content (AvgIpc) is 2.49. The van der Waals surface area contributed by atoms with Gasteiger partial charge < -0.3 is 15.2 Å². The molecule has 1 aromatic heterocycles. The van der Waals surface area contributed by atoms with E-state index in [1.807, 2.05) is 18.2 Å². The number of hydrogen-bond acceptors (Lipinski definition) is 3. The molecule has 5 heteroatoms. The van der Waals surface area contributed by atoms with Crippen LogP contribution in [0.3, 0.4) is 0 Å². The Morgan fingerprint density at radius 2 is 2.24 bits per heavy atom. The van der Waals surface area contributed by atoms with Crippen molar-refractivity contribution in [2.45, 2.75) is 32.2 Å². The Morgan fingerprint density at radius 1 is 1.38 bits per heavy atom. The first-order valence-corrected chi connectivity index (χ1v) is 8.22. The maximum Gasteiger partial charge on any atom is 0.199 e. The molecule has 0 amide bonds. The zero-order chi connectivity index (χ0) is 14.7. The van der Waals surface area contributed by atoms with Crippen molar-refractivity contribution in [3.8, 4) is 0 Å². The standard InChI is InChI=1S/C16H22N4S/c1-12-6-4-5-10-20(12)11-9-17-15-13-7-2-3-8-14(13)18-16(21)19-15/h2-3,7-8,12H,4-6,9-11H2,1H3,(H2,17,18,19,21)/p+1. The van der Waals surface area contributed by atoms with Gasteiger partial charge in [0.15, 0.2) is 4.77 Å². The number of benzene rings is 1. The van der Waals surface area contributed by atoms with Crippen LogP contribution < -0.4 is 10.2 Å². The minimum Gasteiger partial charge on any atom is -0.364 e. The summed E-state index contributed by atoms with van der Waals surface area (Å²) < 4.78 is 0.537. The third kappa shape index (κ3) is 3.41. The van der Waals surface area contributed by atoms with Gasteiger partial charge in [-0.1, -0.05) is 12.1 Å². The molecule has 2 unspecified atom stereocenters. The molecule has 2 atom stereocenters. The van der Waals surface area contributed by atoms with E-state index in [4.69, 9.17) is 12.2 Å². The number of quaternary nitrogens is 1. The van der Waals surface area contributed by atoms with Crippen LogP contribution in [0.15, 0.2) is 24.3 Å². The molecule has 2 heterocycles. The number of nitrogens with zero attached hydrogens (tertiary/aromatic N) is 1. The van der Waals surface area contributed by atoms with E-state index in [1.54, 1.807) is 4.90 Å². The van der Waals surface area contributed by atoms with E-state index in [0.29, 0.717) is 4.77 Å². The summed E-state index contributed by atoms with van der Waals surface area (Å²) in [5.41, 5.74) is 1.04. The van der Waals surface area contributed by atoms with Gasteiger partial charge >= 0.3 is 0 Å². The lowest BCUT2D eigenvalue weighted by Crippen LogP contribution is -3.16. The highest BCUT2D eigenvalue weighted by Crippen LogP contribution is 2.18. The molecule has 1 aliphatic heterocycles. The molecular formula is C16H23N4S+. The molecule has 0 radical (unpaired) electrons. The van der Waals surface area contributed by atoms with Crippen LogP contribution in [-0.2, 0) is 0 Å². The molecule has 2 aromatic rings. The second-order valence-electron chi connectivity index (χ2n) is 5.92. The predicted molar refractivity (Wildman–Crippen MR) is 89.4 cm³/mol. The summed E-state index contributed by atoms with van der Waals surface area (Å²) >= 11 is 5.21. The minimum absolute atomic E-state index is 0.537. The van der Waals surface area contributed by atoms with Gasteiger partial charge in [-0.3, -0.25) is 0 Å². The molecular weight excluding hydrogens is 280 g/mol. The number of aromatic nitrogens is 2. The Labute approximate surface area is 130 Å². The molecule has 1 saturated heterocycles. The summed E-state index contributed by atoms with van der Waals surface area (Å²) in [6, 6.07) is 8.94.